The lowest BCUT2D eigenvalue weighted by Gasteiger charge is -2.09. The third-order valence-corrected chi connectivity index (χ3v) is 4.25. The van der Waals surface area contributed by atoms with Crippen molar-refractivity contribution in [3.63, 3.8) is 0 Å². The summed E-state index contributed by atoms with van der Waals surface area (Å²) in [5.41, 5.74) is 7.84. The first-order chi connectivity index (χ1) is 9.95. The van der Waals surface area contributed by atoms with Crippen LogP contribution in [-0.4, -0.2) is 11.7 Å². The van der Waals surface area contributed by atoms with E-state index in [1.807, 2.05) is 25.1 Å². The summed E-state index contributed by atoms with van der Waals surface area (Å²) in [4.78, 5) is 12.9. The highest BCUT2D eigenvalue weighted by Crippen LogP contribution is 2.26. The normalized spacial score (nSPS) is 10.4. The van der Waals surface area contributed by atoms with Crippen LogP contribution in [-0.2, 0) is 4.79 Å². The molecule has 0 unspecified atom stereocenters. The fourth-order valence-corrected chi connectivity index (χ4v) is 2.78. The highest BCUT2D eigenvalue weighted by molar-refractivity contribution is 8.00. The Morgan fingerprint density at radius 3 is 2.81 bits per heavy atom. The zero-order valence-electron chi connectivity index (χ0n) is 11.3. The van der Waals surface area contributed by atoms with Crippen molar-refractivity contribution in [3.05, 3.63) is 52.8 Å². The third kappa shape index (κ3) is 4.37. The zero-order valence-corrected chi connectivity index (χ0v) is 12.9. The molecule has 2 aromatic carbocycles. The van der Waals surface area contributed by atoms with Crippen LogP contribution < -0.4 is 11.1 Å². The number of carbonyl (C=O) groups excluding carboxylic acids is 1. The van der Waals surface area contributed by atoms with Crippen molar-refractivity contribution in [1.29, 1.82) is 0 Å². The van der Waals surface area contributed by atoms with Gasteiger partial charge in [0.1, 0.15) is 5.82 Å². The van der Waals surface area contributed by atoms with E-state index in [0.29, 0.717) is 11.4 Å². The van der Waals surface area contributed by atoms with Gasteiger partial charge >= 0.3 is 0 Å². The number of thioether (sulfide) groups is 1. The Hall–Kier alpha value is -1.72. The molecule has 0 aromatic heterocycles. The molecule has 2 rings (SSSR count). The van der Waals surface area contributed by atoms with Crippen molar-refractivity contribution in [2.24, 2.45) is 0 Å². The molecule has 6 heteroatoms. The maximum Gasteiger partial charge on any atom is 0.234 e. The first kappa shape index (κ1) is 15.7. The summed E-state index contributed by atoms with van der Waals surface area (Å²) in [5.74, 6) is -0.434. The second kappa shape index (κ2) is 6.83. The van der Waals surface area contributed by atoms with Crippen LogP contribution in [0.25, 0.3) is 0 Å². The van der Waals surface area contributed by atoms with E-state index in [0.717, 1.165) is 16.5 Å². The molecule has 3 N–H and O–H groups in total. The molecule has 0 saturated heterocycles. The molecule has 0 spiro atoms. The minimum absolute atomic E-state index is 0.175. The summed E-state index contributed by atoms with van der Waals surface area (Å²) in [5, 5.41) is 2.83. The van der Waals surface area contributed by atoms with Gasteiger partial charge in [-0.05, 0) is 42.8 Å². The predicted octanol–water partition coefficient (Wildman–Crippen LogP) is 4.10. The number of halogens is 2. The van der Waals surface area contributed by atoms with Crippen molar-refractivity contribution in [1.82, 2.24) is 0 Å². The van der Waals surface area contributed by atoms with Crippen molar-refractivity contribution in [2.45, 2.75) is 11.8 Å². The van der Waals surface area contributed by atoms with Crippen molar-refractivity contribution < 1.29 is 9.18 Å². The van der Waals surface area contributed by atoms with Gasteiger partial charge in [-0.25, -0.2) is 4.39 Å². The molecule has 0 aliphatic rings. The minimum Gasteiger partial charge on any atom is -0.399 e. The SMILES string of the molecule is Cc1ccc(N)cc1SCC(=O)Nc1ccc(F)cc1Cl. The van der Waals surface area contributed by atoms with Crippen LogP contribution in [0.1, 0.15) is 5.56 Å². The van der Waals surface area contributed by atoms with Gasteiger partial charge in [0, 0.05) is 10.6 Å². The molecule has 21 heavy (non-hydrogen) atoms. The maximum atomic E-state index is 12.9. The quantitative estimate of drug-likeness (QED) is 0.657. The molecule has 0 fully saturated rings. The second-order valence-electron chi connectivity index (χ2n) is 4.49. The number of rotatable bonds is 4. The van der Waals surface area contributed by atoms with Crippen LogP contribution >= 0.6 is 23.4 Å². The van der Waals surface area contributed by atoms with E-state index in [2.05, 4.69) is 5.32 Å². The van der Waals surface area contributed by atoms with Crippen LogP contribution in [0, 0.1) is 12.7 Å². The average molecular weight is 325 g/mol. The maximum absolute atomic E-state index is 12.9. The number of hydrogen-bond acceptors (Lipinski definition) is 3. The summed E-state index contributed by atoms with van der Waals surface area (Å²) < 4.78 is 12.9. The molecule has 3 nitrogen and oxygen atoms in total. The Labute approximate surface area is 131 Å². The number of hydrogen-bond donors (Lipinski definition) is 2. The predicted molar refractivity (Wildman–Crippen MR) is 86.4 cm³/mol. The third-order valence-electron chi connectivity index (χ3n) is 2.78. The lowest BCUT2D eigenvalue weighted by Crippen LogP contribution is -2.14. The lowest BCUT2D eigenvalue weighted by atomic mass is 10.2. The molecule has 0 radical (unpaired) electrons. The number of nitrogens with one attached hydrogen (secondary N) is 1. The fourth-order valence-electron chi connectivity index (χ4n) is 1.69. The van der Waals surface area contributed by atoms with Gasteiger partial charge in [-0.15, -0.1) is 11.8 Å². The molecule has 0 aliphatic carbocycles. The van der Waals surface area contributed by atoms with Gasteiger partial charge in [-0.2, -0.15) is 0 Å². The number of nitrogens with two attached hydrogens (primary N) is 1. The van der Waals surface area contributed by atoms with Crippen molar-refractivity contribution >= 4 is 40.6 Å². The number of benzene rings is 2. The summed E-state index contributed by atoms with van der Waals surface area (Å²) in [7, 11) is 0. The number of amides is 1. The van der Waals surface area contributed by atoms with Gasteiger partial charge < -0.3 is 11.1 Å². The van der Waals surface area contributed by atoms with Crippen LogP contribution in [0.4, 0.5) is 15.8 Å². The van der Waals surface area contributed by atoms with Crippen molar-refractivity contribution in [3.8, 4) is 0 Å². The van der Waals surface area contributed by atoms with E-state index in [1.54, 1.807) is 0 Å². The van der Waals surface area contributed by atoms with Gasteiger partial charge in [0.2, 0.25) is 5.91 Å². The monoisotopic (exact) mass is 324 g/mol. The summed E-state index contributed by atoms with van der Waals surface area (Å²) in [6, 6.07) is 9.40. The molecular formula is C15H14ClFN2OS. The molecule has 1 amide bonds. The summed E-state index contributed by atoms with van der Waals surface area (Å²) in [6.45, 7) is 1.95. The molecule has 2 aromatic rings. The first-order valence-corrected chi connectivity index (χ1v) is 7.56. The summed E-state index contributed by atoms with van der Waals surface area (Å²) >= 11 is 7.25. The van der Waals surface area contributed by atoms with Gasteiger partial charge in [-0.3, -0.25) is 4.79 Å². The van der Waals surface area contributed by atoms with Gasteiger partial charge in [0.15, 0.2) is 0 Å². The topological polar surface area (TPSA) is 55.1 Å². The van der Waals surface area contributed by atoms with E-state index in [4.69, 9.17) is 17.3 Å². The number of aryl methyl sites for hydroxylation is 1. The smallest absolute Gasteiger partial charge is 0.234 e. The van der Waals surface area contributed by atoms with E-state index in [9.17, 15) is 9.18 Å². The highest BCUT2D eigenvalue weighted by Gasteiger charge is 2.08. The van der Waals surface area contributed by atoms with Gasteiger partial charge in [0.05, 0.1) is 16.5 Å². The highest BCUT2D eigenvalue weighted by atomic mass is 35.5. The first-order valence-electron chi connectivity index (χ1n) is 6.19. The average Bonchev–Trinajstić information content (AvgIpc) is 2.43. The van der Waals surface area contributed by atoms with Crippen molar-refractivity contribution in [2.75, 3.05) is 16.8 Å². The molecule has 110 valence electrons. The Balaban J connectivity index is 1.97. The Kier molecular flexibility index (Phi) is 5.09. The minimum atomic E-state index is -0.442. The Morgan fingerprint density at radius 1 is 1.33 bits per heavy atom. The van der Waals surface area contributed by atoms with Gasteiger partial charge in [0.25, 0.3) is 0 Å². The molecule has 0 bridgehead atoms. The van der Waals surface area contributed by atoms with Gasteiger partial charge in [-0.1, -0.05) is 17.7 Å². The van der Waals surface area contributed by atoms with E-state index in [1.165, 1.54) is 23.9 Å². The second-order valence-corrected chi connectivity index (χ2v) is 5.91. The molecule has 0 atom stereocenters. The Morgan fingerprint density at radius 2 is 2.10 bits per heavy atom. The number of carbonyl (C=O) groups is 1. The van der Waals surface area contributed by atoms with E-state index < -0.39 is 5.82 Å². The molecular weight excluding hydrogens is 311 g/mol. The molecule has 0 heterocycles. The summed E-state index contributed by atoms with van der Waals surface area (Å²) in [6.07, 6.45) is 0. The fraction of sp³-hybridized carbons (Fsp3) is 0.133. The standard InChI is InChI=1S/C15H14ClFN2OS/c1-9-2-4-11(18)7-14(9)21-8-15(20)19-13-5-3-10(17)6-12(13)16/h2-7H,8,18H2,1H3,(H,19,20). The van der Waals surface area contributed by atoms with E-state index >= 15 is 0 Å². The van der Waals surface area contributed by atoms with Crippen LogP contribution in [0.5, 0.6) is 0 Å². The van der Waals surface area contributed by atoms with Crippen LogP contribution in [0.3, 0.4) is 0 Å². The Bertz CT molecular complexity index is 679. The van der Waals surface area contributed by atoms with Crippen LogP contribution in [0.2, 0.25) is 5.02 Å². The van der Waals surface area contributed by atoms with E-state index in [-0.39, 0.29) is 16.7 Å². The lowest BCUT2D eigenvalue weighted by molar-refractivity contribution is -0.113. The largest absolute Gasteiger partial charge is 0.399 e. The van der Waals surface area contributed by atoms with Crippen LogP contribution in [0.15, 0.2) is 41.3 Å². The number of anilines is 2. The molecule has 0 saturated carbocycles. The molecule has 0 aliphatic heterocycles. The number of nitrogen functional groups attached to an aromatic ring is 1. The zero-order chi connectivity index (χ0) is 15.4.